The SMILES string of the molecule is Cc1cccn2c(NC(=O)C3Cc4ccccc4S3)c(-c3ccccc3)nc12. The molecule has 0 fully saturated rings. The summed E-state index contributed by atoms with van der Waals surface area (Å²) in [5.41, 5.74) is 4.96. The lowest BCUT2D eigenvalue weighted by Crippen LogP contribution is -2.25. The number of anilines is 1. The molecule has 0 saturated heterocycles. The van der Waals surface area contributed by atoms with E-state index in [1.54, 1.807) is 11.8 Å². The van der Waals surface area contributed by atoms with Crippen molar-refractivity contribution < 1.29 is 4.79 Å². The Morgan fingerprint density at radius 1 is 1.07 bits per heavy atom. The molecule has 0 radical (unpaired) electrons. The van der Waals surface area contributed by atoms with E-state index in [0.29, 0.717) is 0 Å². The van der Waals surface area contributed by atoms with Gasteiger partial charge in [0.05, 0.1) is 5.25 Å². The standard InChI is InChI=1S/C23H19N3OS/c1-15-8-7-13-26-21(15)24-20(16-9-3-2-4-10-16)22(26)25-23(27)19-14-17-11-5-6-12-18(17)28-19/h2-13,19H,14H2,1H3,(H,25,27). The van der Waals surface area contributed by atoms with Crippen molar-refractivity contribution in [2.24, 2.45) is 0 Å². The molecule has 5 rings (SSSR count). The van der Waals surface area contributed by atoms with Crippen molar-refractivity contribution in [3.05, 3.63) is 84.1 Å². The number of fused-ring (bicyclic) bond motifs is 2. The first-order valence-electron chi connectivity index (χ1n) is 9.29. The second-order valence-electron chi connectivity index (χ2n) is 6.97. The van der Waals surface area contributed by atoms with Crippen LogP contribution >= 0.6 is 11.8 Å². The fourth-order valence-corrected chi connectivity index (χ4v) is 4.84. The van der Waals surface area contributed by atoms with Gasteiger partial charge in [0, 0.05) is 16.7 Å². The minimum absolute atomic E-state index is 0.0155. The number of hydrogen-bond acceptors (Lipinski definition) is 3. The first kappa shape index (κ1) is 17.1. The minimum Gasteiger partial charge on any atom is -0.309 e. The highest BCUT2D eigenvalue weighted by molar-refractivity contribution is 8.01. The van der Waals surface area contributed by atoms with Crippen LogP contribution in [0.5, 0.6) is 0 Å². The lowest BCUT2D eigenvalue weighted by Gasteiger charge is -2.11. The first-order chi connectivity index (χ1) is 13.7. The van der Waals surface area contributed by atoms with Gasteiger partial charge in [-0.25, -0.2) is 4.98 Å². The van der Waals surface area contributed by atoms with Gasteiger partial charge >= 0.3 is 0 Å². The number of hydrogen-bond donors (Lipinski definition) is 1. The Morgan fingerprint density at radius 3 is 2.68 bits per heavy atom. The van der Waals surface area contributed by atoms with Crippen molar-refractivity contribution in [2.45, 2.75) is 23.5 Å². The Labute approximate surface area is 167 Å². The van der Waals surface area contributed by atoms with Crippen molar-refractivity contribution in [1.82, 2.24) is 9.38 Å². The smallest absolute Gasteiger partial charge is 0.239 e. The van der Waals surface area contributed by atoms with Gasteiger partial charge in [-0.3, -0.25) is 9.20 Å². The predicted octanol–water partition coefficient (Wildman–Crippen LogP) is 4.97. The van der Waals surface area contributed by atoms with E-state index in [2.05, 4.69) is 17.4 Å². The maximum absolute atomic E-state index is 13.1. The summed E-state index contributed by atoms with van der Waals surface area (Å²) in [4.78, 5) is 19.2. The Bertz CT molecular complexity index is 1160. The Morgan fingerprint density at radius 2 is 1.86 bits per heavy atom. The fraction of sp³-hybridized carbons (Fsp3) is 0.130. The maximum atomic E-state index is 13.1. The monoisotopic (exact) mass is 385 g/mol. The minimum atomic E-state index is -0.128. The number of rotatable bonds is 3. The summed E-state index contributed by atoms with van der Waals surface area (Å²) >= 11 is 1.63. The zero-order chi connectivity index (χ0) is 19.1. The van der Waals surface area contributed by atoms with Gasteiger partial charge in [-0.1, -0.05) is 54.6 Å². The summed E-state index contributed by atoms with van der Waals surface area (Å²) < 4.78 is 1.97. The van der Waals surface area contributed by atoms with E-state index in [1.165, 1.54) is 10.5 Å². The molecule has 4 nitrogen and oxygen atoms in total. The molecule has 1 N–H and O–H groups in total. The molecule has 1 aliphatic heterocycles. The van der Waals surface area contributed by atoms with Crippen LogP contribution in [0.1, 0.15) is 11.1 Å². The van der Waals surface area contributed by atoms with E-state index in [9.17, 15) is 4.79 Å². The van der Waals surface area contributed by atoms with Gasteiger partial charge < -0.3 is 5.32 Å². The van der Waals surface area contributed by atoms with Crippen LogP contribution in [0, 0.1) is 6.92 Å². The predicted molar refractivity (Wildman–Crippen MR) is 114 cm³/mol. The molecule has 4 aromatic rings. The molecule has 0 spiro atoms. The van der Waals surface area contributed by atoms with Crippen LogP contribution in [0.2, 0.25) is 0 Å². The lowest BCUT2D eigenvalue weighted by atomic mass is 10.1. The molecule has 28 heavy (non-hydrogen) atoms. The lowest BCUT2D eigenvalue weighted by molar-refractivity contribution is -0.115. The van der Waals surface area contributed by atoms with Crippen molar-refractivity contribution in [2.75, 3.05) is 5.32 Å². The van der Waals surface area contributed by atoms with Crippen LogP contribution in [0.4, 0.5) is 5.82 Å². The van der Waals surface area contributed by atoms with E-state index in [0.717, 1.165) is 34.7 Å². The van der Waals surface area contributed by atoms with Crippen LogP contribution in [0.3, 0.4) is 0 Å². The molecular weight excluding hydrogens is 366 g/mol. The van der Waals surface area contributed by atoms with Gasteiger partial charge in [-0.05, 0) is 36.6 Å². The summed E-state index contributed by atoms with van der Waals surface area (Å²) in [6.45, 7) is 2.03. The van der Waals surface area contributed by atoms with Gasteiger partial charge in [-0.2, -0.15) is 0 Å². The van der Waals surface area contributed by atoms with Crippen LogP contribution in [0.25, 0.3) is 16.9 Å². The molecule has 0 aliphatic carbocycles. The number of aromatic nitrogens is 2. The van der Waals surface area contributed by atoms with Gasteiger partial charge in [0.25, 0.3) is 0 Å². The molecule has 2 aromatic carbocycles. The van der Waals surface area contributed by atoms with Crippen molar-refractivity contribution in [3.63, 3.8) is 0 Å². The molecule has 1 amide bonds. The zero-order valence-electron chi connectivity index (χ0n) is 15.4. The summed E-state index contributed by atoms with van der Waals surface area (Å²) in [5.74, 6) is 0.744. The fourth-order valence-electron chi connectivity index (χ4n) is 3.65. The van der Waals surface area contributed by atoms with E-state index in [-0.39, 0.29) is 11.2 Å². The molecule has 5 heteroatoms. The average Bonchev–Trinajstić information content (AvgIpc) is 3.32. The van der Waals surface area contributed by atoms with Crippen molar-refractivity contribution >= 4 is 29.1 Å². The average molecular weight is 385 g/mol. The van der Waals surface area contributed by atoms with Crippen LogP contribution in [0.15, 0.2) is 77.8 Å². The first-order valence-corrected chi connectivity index (χ1v) is 10.2. The summed E-state index contributed by atoms with van der Waals surface area (Å²) in [6.07, 6.45) is 2.71. The number of nitrogens with one attached hydrogen (secondary N) is 1. The molecule has 0 saturated carbocycles. The highest BCUT2D eigenvalue weighted by Crippen LogP contribution is 2.38. The van der Waals surface area contributed by atoms with Gasteiger partial charge in [-0.15, -0.1) is 11.8 Å². The van der Waals surface area contributed by atoms with Crippen molar-refractivity contribution in [3.8, 4) is 11.3 Å². The normalized spacial score (nSPS) is 15.5. The number of nitrogens with zero attached hydrogens (tertiary/aromatic N) is 2. The number of thioether (sulfide) groups is 1. The number of carbonyl (C=O) groups excluding carboxylic acids is 1. The number of amides is 1. The highest BCUT2D eigenvalue weighted by atomic mass is 32.2. The van der Waals surface area contributed by atoms with E-state index < -0.39 is 0 Å². The number of imidazole rings is 1. The third kappa shape index (κ3) is 2.88. The number of benzene rings is 2. The van der Waals surface area contributed by atoms with E-state index in [1.807, 2.05) is 72.1 Å². The second-order valence-corrected chi connectivity index (χ2v) is 8.21. The second kappa shape index (κ2) is 6.84. The van der Waals surface area contributed by atoms with Crippen LogP contribution in [-0.4, -0.2) is 20.5 Å². The molecule has 138 valence electrons. The summed E-state index contributed by atoms with van der Waals surface area (Å²) in [5, 5.41) is 3.05. The number of pyridine rings is 1. The van der Waals surface area contributed by atoms with Gasteiger partial charge in [0.2, 0.25) is 5.91 Å². The summed E-state index contributed by atoms with van der Waals surface area (Å²) in [6, 6.07) is 22.2. The third-order valence-electron chi connectivity index (χ3n) is 5.07. The molecule has 1 aliphatic rings. The summed E-state index contributed by atoms with van der Waals surface area (Å²) in [7, 11) is 0. The molecular formula is C23H19N3OS. The molecule has 2 aromatic heterocycles. The maximum Gasteiger partial charge on any atom is 0.239 e. The highest BCUT2D eigenvalue weighted by Gasteiger charge is 2.29. The quantitative estimate of drug-likeness (QED) is 0.542. The molecule has 3 heterocycles. The number of carbonyl (C=O) groups is 1. The van der Waals surface area contributed by atoms with Gasteiger partial charge in [0.1, 0.15) is 17.2 Å². The zero-order valence-corrected chi connectivity index (χ0v) is 16.2. The number of aryl methyl sites for hydroxylation is 1. The van der Waals surface area contributed by atoms with Crippen LogP contribution < -0.4 is 5.32 Å². The Kier molecular flexibility index (Phi) is 4.17. The van der Waals surface area contributed by atoms with Crippen LogP contribution in [-0.2, 0) is 11.2 Å². The van der Waals surface area contributed by atoms with E-state index >= 15 is 0 Å². The van der Waals surface area contributed by atoms with Crippen molar-refractivity contribution in [1.29, 1.82) is 0 Å². The Hall–Kier alpha value is -3.05. The molecule has 1 unspecified atom stereocenters. The van der Waals surface area contributed by atoms with E-state index in [4.69, 9.17) is 4.98 Å². The Balaban J connectivity index is 1.53. The third-order valence-corrected chi connectivity index (χ3v) is 6.39. The largest absolute Gasteiger partial charge is 0.309 e. The molecule has 1 atom stereocenters. The molecule has 0 bridgehead atoms. The van der Waals surface area contributed by atoms with Gasteiger partial charge in [0.15, 0.2) is 0 Å². The topological polar surface area (TPSA) is 46.4 Å².